The summed E-state index contributed by atoms with van der Waals surface area (Å²) in [5, 5.41) is 0. The number of carbonyl (C=O) groups is 2. The lowest BCUT2D eigenvalue weighted by atomic mass is 10.2. The molecule has 1 rings (SSSR count). The molecule has 0 amide bonds. The van der Waals surface area contributed by atoms with Crippen LogP contribution in [0.5, 0.6) is 0 Å². The topological polar surface area (TPSA) is 52.6 Å². The van der Waals surface area contributed by atoms with Crippen LogP contribution < -0.4 is 0 Å². The number of ketones is 1. The fourth-order valence-corrected chi connectivity index (χ4v) is 1.54. The van der Waals surface area contributed by atoms with Crippen LogP contribution in [0.1, 0.15) is 46.5 Å². The minimum Gasteiger partial charge on any atom is -0.483 e. The van der Waals surface area contributed by atoms with Gasteiger partial charge in [-0.3, -0.25) is 9.59 Å². The Morgan fingerprint density at radius 3 is 2.62 bits per heavy atom. The van der Waals surface area contributed by atoms with Gasteiger partial charge in [0.05, 0.1) is 0 Å². The van der Waals surface area contributed by atoms with Crippen molar-refractivity contribution in [1.82, 2.24) is 0 Å². The number of unbranched alkanes of at least 4 members (excludes halogenated alkanes) is 2. The predicted molar refractivity (Wildman–Crippen MR) is 58.5 cm³/mol. The largest absolute Gasteiger partial charge is 0.483 e. The normalized spacial score (nSPS) is 19.9. The number of rotatable bonds is 5. The molecule has 4 nitrogen and oxygen atoms in total. The summed E-state index contributed by atoms with van der Waals surface area (Å²) >= 11 is 0. The van der Waals surface area contributed by atoms with Gasteiger partial charge in [0.1, 0.15) is 5.76 Å². The molecule has 1 unspecified atom stereocenters. The molecule has 0 saturated carbocycles. The van der Waals surface area contributed by atoms with Crippen molar-refractivity contribution in [3.8, 4) is 0 Å². The van der Waals surface area contributed by atoms with Crippen LogP contribution in [0.3, 0.4) is 0 Å². The fraction of sp³-hybridized carbons (Fsp3) is 0.667. The minimum atomic E-state index is -0.529. The van der Waals surface area contributed by atoms with Gasteiger partial charge in [0.15, 0.2) is 6.10 Å². The third kappa shape index (κ3) is 3.08. The molecule has 0 aliphatic carbocycles. The first-order valence-corrected chi connectivity index (χ1v) is 5.68. The standard InChI is InChI=1S/C12H18O4/c1-4-5-6-7-10(13)16-12-9(3)15-8(2)11(12)14/h8H,4-7H2,1-3H3. The summed E-state index contributed by atoms with van der Waals surface area (Å²) in [6.45, 7) is 5.34. The molecule has 1 heterocycles. The van der Waals surface area contributed by atoms with E-state index in [0.29, 0.717) is 12.2 Å². The van der Waals surface area contributed by atoms with E-state index in [0.717, 1.165) is 19.3 Å². The first-order chi connectivity index (χ1) is 7.56. The van der Waals surface area contributed by atoms with Crippen molar-refractivity contribution >= 4 is 11.8 Å². The lowest BCUT2D eigenvalue weighted by molar-refractivity contribution is -0.142. The van der Waals surface area contributed by atoms with Crippen LogP contribution in [-0.4, -0.2) is 17.9 Å². The van der Waals surface area contributed by atoms with Gasteiger partial charge in [-0.2, -0.15) is 0 Å². The third-order valence-electron chi connectivity index (χ3n) is 2.47. The Morgan fingerprint density at radius 1 is 1.44 bits per heavy atom. The summed E-state index contributed by atoms with van der Waals surface area (Å²) in [7, 11) is 0. The molecule has 0 radical (unpaired) electrons. The molecular formula is C12H18O4. The van der Waals surface area contributed by atoms with E-state index < -0.39 is 6.10 Å². The maximum Gasteiger partial charge on any atom is 0.311 e. The van der Waals surface area contributed by atoms with Crippen molar-refractivity contribution in [2.24, 2.45) is 0 Å². The highest BCUT2D eigenvalue weighted by atomic mass is 16.6. The van der Waals surface area contributed by atoms with E-state index in [1.807, 2.05) is 0 Å². The second-order valence-corrected chi connectivity index (χ2v) is 3.94. The van der Waals surface area contributed by atoms with Crippen LogP contribution in [0.4, 0.5) is 0 Å². The molecule has 90 valence electrons. The summed E-state index contributed by atoms with van der Waals surface area (Å²) in [5.74, 6) is -0.120. The van der Waals surface area contributed by atoms with Crippen LogP contribution in [0.2, 0.25) is 0 Å². The molecule has 0 aromatic rings. The predicted octanol–water partition coefficient (Wildman–Crippen LogP) is 2.33. The summed E-state index contributed by atoms with van der Waals surface area (Å²) < 4.78 is 10.2. The Kier molecular flexibility index (Phi) is 4.52. The van der Waals surface area contributed by atoms with E-state index in [2.05, 4.69) is 6.92 Å². The molecule has 4 heteroatoms. The number of carbonyl (C=O) groups excluding carboxylic acids is 2. The zero-order valence-electron chi connectivity index (χ0n) is 10.0. The molecule has 16 heavy (non-hydrogen) atoms. The van der Waals surface area contributed by atoms with Gasteiger partial charge in [-0.1, -0.05) is 19.8 Å². The van der Waals surface area contributed by atoms with Crippen LogP contribution >= 0.6 is 0 Å². The molecule has 1 atom stereocenters. The SMILES string of the molecule is CCCCCC(=O)OC1=C(C)OC(C)C1=O. The van der Waals surface area contributed by atoms with Crippen molar-refractivity contribution in [1.29, 1.82) is 0 Å². The van der Waals surface area contributed by atoms with Gasteiger partial charge in [-0.15, -0.1) is 0 Å². The first-order valence-electron chi connectivity index (χ1n) is 5.68. The second kappa shape index (κ2) is 5.68. The van der Waals surface area contributed by atoms with Crippen molar-refractivity contribution in [3.05, 3.63) is 11.5 Å². The van der Waals surface area contributed by atoms with Crippen LogP contribution in [0.15, 0.2) is 11.5 Å². The van der Waals surface area contributed by atoms with Crippen molar-refractivity contribution in [3.63, 3.8) is 0 Å². The first kappa shape index (κ1) is 12.7. The monoisotopic (exact) mass is 226 g/mol. The highest BCUT2D eigenvalue weighted by Gasteiger charge is 2.32. The third-order valence-corrected chi connectivity index (χ3v) is 2.47. The summed E-state index contributed by atoms with van der Waals surface area (Å²) in [4.78, 5) is 22.9. The Balaban J connectivity index is 2.45. The molecule has 0 aromatic heterocycles. The van der Waals surface area contributed by atoms with E-state index in [9.17, 15) is 9.59 Å². The van der Waals surface area contributed by atoms with Gasteiger partial charge < -0.3 is 9.47 Å². The molecule has 0 fully saturated rings. The summed E-state index contributed by atoms with van der Waals surface area (Å²) in [5.41, 5.74) is 0. The highest BCUT2D eigenvalue weighted by molar-refractivity contribution is 6.00. The molecule has 1 aliphatic rings. The van der Waals surface area contributed by atoms with E-state index in [-0.39, 0.29) is 17.5 Å². The summed E-state index contributed by atoms with van der Waals surface area (Å²) in [6.07, 6.45) is 2.67. The van der Waals surface area contributed by atoms with Gasteiger partial charge >= 0.3 is 5.97 Å². The zero-order valence-corrected chi connectivity index (χ0v) is 10.0. The number of hydrogen-bond donors (Lipinski definition) is 0. The quantitative estimate of drug-likeness (QED) is 0.533. The van der Waals surface area contributed by atoms with E-state index >= 15 is 0 Å². The lowest BCUT2D eigenvalue weighted by Crippen LogP contribution is -2.16. The molecule has 0 aromatic carbocycles. The van der Waals surface area contributed by atoms with Crippen molar-refractivity contribution in [2.75, 3.05) is 0 Å². The van der Waals surface area contributed by atoms with Crippen LogP contribution in [0, 0.1) is 0 Å². The highest BCUT2D eigenvalue weighted by Crippen LogP contribution is 2.22. The number of ether oxygens (including phenoxy) is 2. The van der Waals surface area contributed by atoms with Crippen LogP contribution in [0.25, 0.3) is 0 Å². The van der Waals surface area contributed by atoms with Crippen LogP contribution in [-0.2, 0) is 19.1 Å². The Labute approximate surface area is 95.6 Å². The Hall–Kier alpha value is -1.32. The van der Waals surface area contributed by atoms with Crippen molar-refractivity contribution < 1.29 is 19.1 Å². The minimum absolute atomic E-state index is 0.0778. The Bertz CT molecular complexity index is 317. The van der Waals surface area contributed by atoms with Gasteiger partial charge in [-0.25, -0.2) is 0 Å². The molecule has 0 N–H and O–H groups in total. The summed E-state index contributed by atoms with van der Waals surface area (Å²) in [6, 6.07) is 0. The average molecular weight is 226 g/mol. The second-order valence-electron chi connectivity index (χ2n) is 3.94. The van der Waals surface area contributed by atoms with Gasteiger partial charge in [0.25, 0.3) is 0 Å². The maximum absolute atomic E-state index is 11.5. The van der Waals surface area contributed by atoms with E-state index in [4.69, 9.17) is 9.47 Å². The molecular weight excluding hydrogens is 208 g/mol. The molecule has 0 spiro atoms. The van der Waals surface area contributed by atoms with Crippen molar-refractivity contribution in [2.45, 2.75) is 52.6 Å². The Morgan fingerprint density at radius 2 is 2.12 bits per heavy atom. The number of allylic oxidation sites excluding steroid dienone is 1. The lowest BCUT2D eigenvalue weighted by Gasteiger charge is -2.03. The smallest absolute Gasteiger partial charge is 0.311 e. The van der Waals surface area contributed by atoms with Gasteiger partial charge in [-0.05, 0) is 20.3 Å². The average Bonchev–Trinajstić information content (AvgIpc) is 2.46. The fourth-order valence-electron chi connectivity index (χ4n) is 1.54. The van der Waals surface area contributed by atoms with E-state index in [1.165, 1.54) is 0 Å². The van der Waals surface area contributed by atoms with E-state index in [1.54, 1.807) is 13.8 Å². The number of esters is 1. The maximum atomic E-state index is 11.5. The molecule has 0 saturated heterocycles. The number of Topliss-reactive ketones (excluding diaryl/α,β-unsaturated/α-hetero) is 1. The molecule has 1 aliphatic heterocycles. The zero-order chi connectivity index (χ0) is 12.1. The van der Waals surface area contributed by atoms with Gasteiger partial charge in [0, 0.05) is 6.42 Å². The van der Waals surface area contributed by atoms with Gasteiger partial charge in [0.2, 0.25) is 11.5 Å². The molecule has 0 bridgehead atoms. The number of hydrogen-bond acceptors (Lipinski definition) is 4.